The Hall–Kier alpha value is -0.810. The summed E-state index contributed by atoms with van der Waals surface area (Å²) in [7, 11) is 0. The highest BCUT2D eigenvalue weighted by Crippen LogP contribution is 2.34. The van der Waals surface area contributed by atoms with E-state index in [4.69, 9.17) is 5.11 Å². The Kier molecular flexibility index (Phi) is 7.46. The van der Waals surface area contributed by atoms with E-state index in [9.17, 15) is 9.59 Å². The molecule has 122 valence electrons. The van der Waals surface area contributed by atoms with Gasteiger partial charge in [-0.1, -0.05) is 26.2 Å². The Bertz CT molecular complexity index is 355. The van der Waals surface area contributed by atoms with Gasteiger partial charge in [-0.2, -0.15) is 0 Å². The molecule has 2 rings (SSSR count). The van der Waals surface area contributed by atoms with Crippen molar-refractivity contribution in [1.82, 2.24) is 10.2 Å². The number of nitrogens with zero attached hydrogens (tertiary/aromatic N) is 1. The van der Waals surface area contributed by atoms with Crippen LogP contribution < -0.4 is 5.32 Å². The lowest BCUT2D eigenvalue weighted by molar-refractivity contribution is -0.140. The number of rotatable bonds is 8. The summed E-state index contributed by atoms with van der Waals surface area (Å²) in [4.78, 5) is 25.5. The highest BCUT2D eigenvalue weighted by molar-refractivity contribution is 5.85. The summed E-state index contributed by atoms with van der Waals surface area (Å²) in [6.45, 7) is 2.11. The van der Waals surface area contributed by atoms with Gasteiger partial charge in [-0.15, -0.1) is 12.4 Å². The van der Waals surface area contributed by atoms with Crippen LogP contribution in [0.3, 0.4) is 0 Å². The minimum atomic E-state index is -0.863. The Morgan fingerprint density at radius 3 is 2.24 bits per heavy atom. The quantitative estimate of drug-likeness (QED) is 0.719. The van der Waals surface area contributed by atoms with Crippen molar-refractivity contribution in [2.75, 3.05) is 6.54 Å². The van der Waals surface area contributed by atoms with Crippen LogP contribution >= 0.6 is 12.4 Å². The Labute approximate surface area is 132 Å². The van der Waals surface area contributed by atoms with Gasteiger partial charge in [-0.3, -0.25) is 14.9 Å². The number of amides is 1. The molecule has 2 aliphatic carbocycles. The minimum absolute atomic E-state index is 0. The van der Waals surface area contributed by atoms with E-state index in [1.807, 2.05) is 11.8 Å². The van der Waals surface area contributed by atoms with Crippen LogP contribution in [0, 0.1) is 0 Å². The zero-order valence-electron chi connectivity index (χ0n) is 12.7. The third-order valence-electron chi connectivity index (χ3n) is 4.32. The van der Waals surface area contributed by atoms with Crippen molar-refractivity contribution in [3.8, 4) is 0 Å². The van der Waals surface area contributed by atoms with E-state index in [0.717, 1.165) is 32.1 Å². The second-order valence-corrected chi connectivity index (χ2v) is 6.03. The summed E-state index contributed by atoms with van der Waals surface area (Å²) in [6.07, 6.45) is 8.23. The average molecular weight is 319 g/mol. The van der Waals surface area contributed by atoms with Crippen molar-refractivity contribution in [3.63, 3.8) is 0 Å². The van der Waals surface area contributed by atoms with Crippen LogP contribution in [0.1, 0.15) is 58.3 Å². The molecule has 0 heterocycles. The summed E-state index contributed by atoms with van der Waals surface area (Å²) < 4.78 is 0. The topological polar surface area (TPSA) is 69.6 Å². The second-order valence-electron chi connectivity index (χ2n) is 6.03. The Morgan fingerprint density at radius 1 is 1.19 bits per heavy atom. The highest BCUT2D eigenvalue weighted by Gasteiger charge is 2.38. The maximum absolute atomic E-state index is 12.4. The SMILES string of the molecule is CCCC(NCC(=O)N(C1CCCC1)C1CC1)C(=O)O.Cl. The van der Waals surface area contributed by atoms with Gasteiger partial charge in [0.25, 0.3) is 0 Å². The van der Waals surface area contributed by atoms with Crippen LogP contribution in [0.5, 0.6) is 0 Å². The first-order chi connectivity index (χ1) is 9.63. The van der Waals surface area contributed by atoms with Gasteiger partial charge in [0, 0.05) is 12.1 Å². The molecule has 6 heteroatoms. The van der Waals surface area contributed by atoms with Crippen molar-refractivity contribution >= 4 is 24.3 Å². The predicted octanol–water partition coefficient (Wildman–Crippen LogP) is 2.18. The lowest BCUT2D eigenvalue weighted by Gasteiger charge is -2.29. The summed E-state index contributed by atoms with van der Waals surface area (Å²) in [5.74, 6) is -0.778. The number of carbonyl (C=O) groups is 2. The van der Waals surface area contributed by atoms with Crippen molar-refractivity contribution in [2.45, 2.75) is 76.4 Å². The predicted molar refractivity (Wildman–Crippen MR) is 83.7 cm³/mol. The third kappa shape index (κ3) is 5.15. The smallest absolute Gasteiger partial charge is 0.320 e. The first kappa shape index (κ1) is 18.2. The van der Waals surface area contributed by atoms with Crippen LogP contribution in [0.25, 0.3) is 0 Å². The van der Waals surface area contributed by atoms with Gasteiger partial charge in [0.05, 0.1) is 6.54 Å². The lowest BCUT2D eigenvalue weighted by Crippen LogP contribution is -2.48. The molecular weight excluding hydrogens is 292 g/mol. The number of carbonyl (C=O) groups excluding carboxylic acids is 1. The maximum Gasteiger partial charge on any atom is 0.320 e. The Morgan fingerprint density at radius 2 is 1.76 bits per heavy atom. The van der Waals surface area contributed by atoms with Gasteiger partial charge >= 0.3 is 5.97 Å². The van der Waals surface area contributed by atoms with E-state index in [0.29, 0.717) is 18.5 Å². The average Bonchev–Trinajstić information content (AvgIpc) is 3.09. The zero-order chi connectivity index (χ0) is 14.5. The van der Waals surface area contributed by atoms with E-state index >= 15 is 0 Å². The number of carboxylic acids is 1. The number of halogens is 1. The molecule has 1 unspecified atom stereocenters. The molecule has 0 aromatic carbocycles. The molecule has 1 atom stereocenters. The van der Waals surface area contributed by atoms with Gasteiger partial charge in [0.2, 0.25) is 5.91 Å². The van der Waals surface area contributed by atoms with Gasteiger partial charge in [-0.05, 0) is 32.1 Å². The third-order valence-corrected chi connectivity index (χ3v) is 4.32. The molecule has 2 N–H and O–H groups in total. The maximum atomic E-state index is 12.4. The largest absolute Gasteiger partial charge is 0.480 e. The number of nitrogens with one attached hydrogen (secondary N) is 1. The molecular formula is C15H27ClN2O3. The molecule has 0 aromatic heterocycles. The summed E-state index contributed by atoms with van der Waals surface area (Å²) in [6, 6.07) is 0.210. The van der Waals surface area contributed by atoms with Gasteiger partial charge in [-0.25, -0.2) is 0 Å². The molecule has 2 aliphatic rings. The molecule has 0 aromatic rings. The summed E-state index contributed by atoms with van der Waals surface area (Å²) in [5, 5.41) is 12.0. The van der Waals surface area contributed by atoms with Crippen molar-refractivity contribution < 1.29 is 14.7 Å². The van der Waals surface area contributed by atoms with Crippen LogP contribution in [-0.4, -0.2) is 46.6 Å². The number of carboxylic acid groups (broad SMARTS) is 1. The van der Waals surface area contributed by atoms with Gasteiger partial charge in [0.1, 0.15) is 6.04 Å². The molecule has 0 saturated heterocycles. The normalized spacial score (nSPS) is 19.9. The first-order valence-electron chi connectivity index (χ1n) is 7.90. The molecule has 0 bridgehead atoms. The van der Waals surface area contributed by atoms with Crippen LogP contribution in [0.15, 0.2) is 0 Å². The molecule has 0 aliphatic heterocycles. The molecule has 0 spiro atoms. The Balaban J connectivity index is 0.00000220. The molecule has 21 heavy (non-hydrogen) atoms. The monoisotopic (exact) mass is 318 g/mol. The highest BCUT2D eigenvalue weighted by atomic mass is 35.5. The van der Waals surface area contributed by atoms with E-state index < -0.39 is 12.0 Å². The van der Waals surface area contributed by atoms with E-state index in [1.54, 1.807) is 0 Å². The van der Waals surface area contributed by atoms with Crippen molar-refractivity contribution in [2.24, 2.45) is 0 Å². The lowest BCUT2D eigenvalue weighted by atomic mass is 10.1. The summed E-state index contributed by atoms with van der Waals surface area (Å²) >= 11 is 0. The fourth-order valence-corrected chi connectivity index (χ4v) is 3.14. The van der Waals surface area contributed by atoms with E-state index in [2.05, 4.69) is 5.32 Å². The van der Waals surface area contributed by atoms with Crippen molar-refractivity contribution in [1.29, 1.82) is 0 Å². The first-order valence-corrected chi connectivity index (χ1v) is 7.90. The molecule has 2 fully saturated rings. The van der Waals surface area contributed by atoms with Gasteiger partial charge < -0.3 is 10.0 Å². The molecule has 2 saturated carbocycles. The van der Waals surface area contributed by atoms with Crippen LogP contribution in [-0.2, 0) is 9.59 Å². The standard InChI is InChI=1S/C15H26N2O3.ClH/c1-2-5-13(15(19)20)16-10-14(18)17(12-8-9-12)11-6-3-4-7-11;/h11-13,16H,2-10H2,1H3,(H,19,20);1H. The zero-order valence-corrected chi connectivity index (χ0v) is 13.5. The van der Waals surface area contributed by atoms with E-state index in [1.165, 1.54) is 12.8 Å². The molecule has 0 radical (unpaired) electrons. The molecule has 5 nitrogen and oxygen atoms in total. The molecule has 1 amide bonds. The van der Waals surface area contributed by atoms with Gasteiger partial charge in [0.15, 0.2) is 0 Å². The van der Waals surface area contributed by atoms with Crippen LogP contribution in [0.2, 0.25) is 0 Å². The number of aliphatic carboxylic acids is 1. The second kappa shape index (κ2) is 8.59. The fraction of sp³-hybridized carbons (Fsp3) is 0.867. The van der Waals surface area contributed by atoms with E-state index in [-0.39, 0.29) is 24.9 Å². The number of hydrogen-bond donors (Lipinski definition) is 2. The summed E-state index contributed by atoms with van der Waals surface area (Å²) in [5.41, 5.74) is 0. The van der Waals surface area contributed by atoms with Crippen LogP contribution in [0.4, 0.5) is 0 Å². The fourth-order valence-electron chi connectivity index (χ4n) is 3.14. The minimum Gasteiger partial charge on any atom is -0.480 e. The number of hydrogen-bond acceptors (Lipinski definition) is 3. The van der Waals surface area contributed by atoms with Crippen molar-refractivity contribution in [3.05, 3.63) is 0 Å².